The number of guanidine groups is 1. The molecule has 1 heterocycles. The fourth-order valence-corrected chi connectivity index (χ4v) is 3.37. The van der Waals surface area contributed by atoms with Crippen LogP contribution in [0.15, 0.2) is 4.99 Å². The van der Waals surface area contributed by atoms with Crippen LogP contribution in [-0.2, 0) is 9.47 Å². The summed E-state index contributed by atoms with van der Waals surface area (Å²) >= 11 is 0. The molecule has 28 heavy (non-hydrogen) atoms. The minimum Gasteiger partial charge on any atom is -0.444 e. The molecule has 0 aromatic heterocycles. The minimum absolute atomic E-state index is 0. The maximum atomic E-state index is 12.7. The number of carbonyl (C=O) groups is 1. The number of halogens is 1. The van der Waals surface area contributed by atoms with Crippen LogP contribution in [0.4, 0.5) is 4.79 Å². The second-order valence-corrected chi connectivity index (χ2v) is 8.47. The van der Waals surface area contributed by atoms with Gasteiger partial charge in [0.1, 0.15) is 5.60 Å². The zero-order chi connectivity index (χ0) is 19.9. The fourth-order valence-electron chi connectivity index (χ4n) is 3.37. The predicted molar refractivity (Wildman–Crippen MR) is 124 cm³/mol. The van der Waals surface area contributed by atoms with Gasteiger partial charge >= 0.3 is 6.09 Å². The Bertz CT molecular complexity index is 498. The minimum atomic E-state index is -0.452. The van der Waals surface area contributed by atoms with Crippen LogP contribution in [0, 0.1) is 5.92 Å². The molecule has 0 aromatic carbocycles. The first kappa shape index (κ1) is 25.3. The highest BCUT2D eigenvalue weighted by Crippen LogP contribution is 2.32. The number of carbonyl (C=O) groups excluding carboxylic acids is 1. The largest absolute Gasteiger partial charge is 0.444 e. The van der Waals surface area contributed by atoms with Gasteiger partial charge in [0.2, 0.25) is 0 Å². The van der Waals surface area contributed by atoms with Crippen molar-refractivity contribution in [2.75, 3.05) is 46.4 Å². The number of aliphatic imine (C=N–C) groups is 1. The highest BCUT2D eigenvalue weighted by atomic mass is 127. The number of piperidine rings is 1. The Kier molecular flexibility index (Phi) is 10.9. The Labute approximate surface area is 187 Å². The molecular weight excluding hydrogens is 471 g/mol. The lowest BCUT2D eigenvalue weighted by molar-refractivity contribution is 0.00926. The molecule has 1 saturated heterocycles. The van der Waals surface area contributed by atoms with Crippen molar-refractivity contribution in [3.8, 4) is 0 Å². The van der Waals surface area contributed by atoms with Crippen molar-refractivity contribution >= 4 is 36.0 Å². The van der Waals surface area contributed by atoms with Crippen LogP contribution in [0.25, 0.3) is 0 Å². The van der Waals surface area contributed by atoms with Gasteiger partial charge in [-0.05, 0) is 59.3 Å². The first-order valence-corrected chi connectivity index (χ1v) is 10.4. The van der Waals surface area contributed by atoms with Gasteiger partial charge < -0.3 is 24.6 Å². The maximum absolute atomic E-state index is 12.7. The first-order chi connectivity index (χ1) is 12.8. The summed E-state index contributed by atoms with van der Waals surface area (Å²) in [6.45, 7) is 12.6. The third-order valence-corrected chi connectivity index (χ3v) is 4.93. The van der Waals surface area contributed by atoms with Crippen LogP contribution < -0.4 is 5.32 Å². The van der Waals surface area contributed by atoms with E-state index in [1.54, 1.807) is 0 Å². The molecule has 2 aliphatic rings. The molecule has 2 fully saturated rings. The van der Waals surface area contributed by atoms with Crippen LogP contribution >= 0.6 is 24.0 Å². The molecule has 1 N–H and O–H groups in total. The third kappa shape index (κ3) is 8.71. The van der Waals surface area contributed by atoms with E-state index >= 15 is 0 Å². The van der Waals surface area contributed by atoms with E-state index < -0.39 is 5.60 Å². The Morgan fingerprint density at radius 1 is 1.21 bits per heavy atom. The molecule has 7 nitrogen and oxygen atoms in total. The standard InChI is InChI=1S/C20H38N4O3.HI/c1-6-26-14-11-22-18(21-5)23-12-9-17(10-13-23)24(15-16-7-8-16)19(25)27-20(2,3)4;/h16-17H,6-15H2,1-5H3,(H,21,22);1H. The smallest absolute Gasteiger partial charge is 0.410 e. The summed E-state index contributed by atoms with van der Waals surface area (Å²) < 4.78 is 11.1. The van der Waals surface area contributed by atoms with Crippen molar-refractivity contribution < 1.29 is 14.3 Å². The number of nitrogens with one attached hydrogen (secondary N) is 1. The van der Waals surface area contributed by atoms with Crippen LogP contribution in [-0.4, -0.2) is 79.9 Å². The van der Waals surface area contributed by atoms with Crippen molar-refractivity contribution in [1.82, 2.24) is 15.1 Å². The molecule has 0 atom stereocenters. The summed E-state index contributed by atoms with van der Waals surface area (Å²) in [5.74, 6) is 1.57. The number of hydrogen-bond acceptors (Lipinski definition) is 4. The monoisotopic (exact) mass is 510 g/mol. The van der Waals surface area contributed by atoms with E-state index in [1.807, 2.05) is 39.6 Å². The molecule has 0 bridgehead atoms. The van der Waals surface area contributed by atoms with E-state index in [2.05, 4.69) is 15.2 Å². The average Bonchev–Trinajstić information content (AvgIpc) is 3.43. The average molecular weight is 510 g/mol. The van der Waals surface area contributed by atoms with Gasteiger partial charge in [-0.15, -0.1) is 24.0 Å². The Balaban J connectivity index is 0.00000392. The number of nitrogens with zero attached hydrogens (tertiary/aromatic N) is 3. The zero-order valence-corrected chi connectivity index (χ0v) is 20.5. The van der Waals surface area contributed by atoms with Gasteiger partial charge in [0.15, 0.2) is 5.96 Å². The molecule has 164 valence electrons. The van der Waals surface area contributed by atoms with Crippen LogP contribution in [0.5, 0.6) is 0 Å². The number of amides is 1. The lowest BCUT2D eigenvalue weighted by atomic mass is 10.0. The van der Waals surface area contributed by atoms with E-state index in [1.165, 1.54) is 12.8 Å². The van der Waals surface area contributed by atoms with Crippen molar-refractivity contribution in [1.29, 1.82) is 0 Å². The van der Waals surface area contributed by atoms with E-state index in [0.29, 0.717) is 12.5 Å². The van der Waals surface area contributed by atoms with Gasteiger partial charge in [-0.2, -0.15) is 0 Å². The Hall–Kier alpha value is -0.770. The molecule has 1 aliphatic carbocycles. The molecule has 8 heteroatoms. The summed E-state index contributed by atoms with van der Waals surface area (Å²) in [5, 5.41) is 3.36. The van der Waals surface area contributed by atoms with Gasteiger partial charge in [0.05, 0.1) is 6.61 Å². The zero-order valence-electron chi connectivity index (χ0n) is 18.2. The number of ether oxygens (including phenoxy) is 2. The van der Waals surface area contributed by atoms with Crippen molar-refractivity contribution in [3.05, 3.63) is 0 Å². The number of likely N-dealkylation sites (tertiary alicyclic amines) is 1. The summed E-state index contributed by atoms with van der Waals surface area (Å²) in [5.41, 5.74) is -0.452. The van der Waals surface area contributed by atoms with Crippen LogP contribution in [0.3, 0.4) is 0 Å². The van der Waals surface area contributed by atoms with E-state index in [4.69, 9.17) is 9.47 Å². The highest BCUT2D eigenvalue weighted by Gasteiger charge is 2.35. The molecule has 1 aliphatic heterocycles. The summed E-state index contributed by atoms with van der Waals surface area (Å²) in [6, 6.07) is 0.248. The topological polar surface area (TPSA) is 66.4 Å². The highest BCUT2D eigenvalue weighted by molar-refractivity contribution is 14.0. The quantitative estimate of drug-likeness (QED) is 0.247. The van der Waals surface area contributed by atoms with E-state index in [-0.39, 0.29) is 36.1 Å². The van der Waals surface area contributed by atoms with Gasteiger partial charge in [0, 0.05) is 45.9 Å². The van der Waals surface area contributed by atoms with E-state index in [9.17, 15) is 4.79 Å². The Morgan fingerprint density at radius 2 is 1.86 bits per heavy atom. The molecular formula is C20H39IN4O3. The molecule has 0 spiro atoms. The van der Waals surface area contributed by atoms with Crippen LogP contribution in [0.1, 0.15) is 53.4 Å². The van der Waals surface area contributed by atoms with Gasteiger partial charge in [-0.3, -0.25) is 4.99 Å². The predicted octanol–water partition coefficient (Wildman–Crippen LogP) is 3.33. The van der Waals surface area contributed by atoms with Crippen molar-refractivity contribution in [2.45, 2.75) is 65.0 Å². The molecule has 1 saturated carbocycles. The normalized spacial score (nSPS) is 18.5. The molecule has 0 unspecified atom stereocenters. The fraction of sp³-hybridized carbons (Fsp3) is 0.900. The number of rotatable bonds is 7. The van der Waals surface area contributed by atoms with Crippen molar-refractivity contribution in [2.24, 2.45) is 10.9 Å². The first-order valence-electron chi connectivity index (χ1n) is 10.4. The van der Waals surface area contributed by atoms with Gasteiger partial charge in [-0.1, -0.05) is 0 Å². The summed E-state index contributed by atoms with van der Waals surface area (Å²) in [6.07, 6.45) is 4.19. The summed E-state index contributed by atoms with van der Waals surface area (Å²) in [4.78, 5) is 21.4. The molecule has 1 amide bonds. The Morgan fingerprint density at radius 3 is 2.36 bits per heavy atom. The van der Waals surface area contributed by atoms with Gasteiger partial charge in [0.25, 0.3) is 0 Å². The van der Waals surface area contributed by atoms with Crippen LogP contribution in [0.2, 0.25) is 0 Å². The van der Waals surface area contributed by atoms with E-state index in [0.717, 1.165) is 51.6 Å². The number of hydrogen-bond donors (Lipinski definition) is 1. The lowest BCUT2D eigenvalue weighted by Gasteiger charge is -2.40. The maximum Gasteiger partial charge on any atom is 0.410 e. The molecule has 0 aromatic rings. The SMILES string of the molecule is CCOCCNC(=NC)N1CCC(N(CC2CC2)C(=O)OC(C)(C)C)CC1.I. The molecule has 2 rings (SSSR count). The van der Waals surface area contributed by atoms with Crippen molar-refractivity contribution in [3.63, 3.8) is 0 Å². The molecule has 0 radical (unpaired) electrons. The second-order valence-electron chi connectivity index (χ2n) is 8.47. The third-order valence-electron chi connectivity index (χ3n) is 4.93. The lowest BCUT2D eigenvalue weighted by Crippen LogP contribution is -2.52. The summed E-state index contributed by atoms with van der Waals surface area (Å²) in [7, 11) is 1.81. The van der Waals surface area contributed by atoms with Gasteiger partial charge in [-0.25, -0.2) is 4.79 Å². The second kappa shape index (κ2) is 12.0.